The fourth-order valence-electron chi connectivity index (χ4n) is 4.65. The van der Waals surface area contributed by atoms with E-state index in [-0.39, 0.29) is 22.9 Å². The third-order valence-electron chi connectivity index (χ3n) is 7.51. The molecule has 56 heavy (non-hydrogen) atoms. The highest BCUT2D eigenvalue weighted by Gasteiger charge is 2.21. The van der Waals surface area contributed by atoms with Gasteiger partial charge in [0.25, 0.3) is 11.8 Å². The van der Waals surface area contributed by atoms with Crippen molar-refractivity contribution in [3.63, 3.8) is 0 Å². The van der Waals surface area contributed by atoms with Gasteiger partial charge in [0.15, 0.2) is 22.9 Å². The molecule has 20 heteroatoms. The molecule has 0 aliphatic heterocycles. The van der Waals surface area contributed by atoms with Gasteiger partial charge in [0.1, 0.15) is 43.5 Å². The number of fused-ring (bicyclic) bond motifs is 2. The number of unbranched alkanes of at least 4 members (excludes halogenated alkanes) is 2. The van der Waals surface area contributed by atoms with E-state index < -0.39 is 36.8 Å². The molecular formula is C36H36N8O10S2. The number of rotatable bonds is 16. The number of nitrogens with zero attached hydrogens (tertiary/aromatic N) is 6. The summed E-state index contributed by atoms with van der Waals surface area (Å²) in [4.78, 5) is 70.3. The Bertz CT molecular complexity index is 2170. The van der Waals surface area contributed by atoms with Gasteiger partial charge in [-0.05, 0) is 25.0 Å². The number of amides is 2. The van der Waals surface area contributed by atoms with Crippen molar-refractivity contribution in [3.8, 4) is 44.4 Å². The molecule has 0 bridgehead atoms. The highest BCUT2D eigenvalue weighted by Crippen LogP contribution is 2.38. The van der Waals surface area contributed by atoms with Crippen molar-refractivity contribution in [1.29, 1.82) is 0 Å². The van der Waals surface area contributed by atoms with Crippen molar-refractivity contribution in [2.24, 2.45) is 0 Å². The Morgan fingerprint density at radius 2 is 1.04 bits per heavy atom. The third-order valence-corrected chi connectivity index (χ3v) is 9.76. The number of aliphatic carboxylic acids is 2. The molecule has 18 nitrogen and oxygen atoms in total. The Balaban J connectivity index is 0.000000214. The lowest BCUT2D eigenvalue weighted by molar-refractivity contribution is -0.136. The zero-order chi connectivity index (χ0) is 40.2. The molecule has 0 aromatic carbocycles. The van der Waals surface area contributed by atoms with Crippen LogP contribution < -0.4 is 20.1 Å². The molecule has 6 rings (SSSR count). The predicted octanol–water partition coefficient (Wildman–Crippen LogP) is 4.90. The fourth-order valence-corrected chi connectivity index (χ4v) is 6.60. The average Bonchev–Trinajstić information content (AvgIpc) is 3.84. The molecule has 6 heterocycles. The molecule has 0 saturated heterocycles. The van der Waals surface area contributed by atoms with Gasteiger partial charge in [-0.2, -0.15) is 0 Å². The number of carbonyl (C=O) groups excluding carboxylic acids is 2. The molecule has 6 aromatic rings. The number of ether oxygens (including phenoxy) is 2. The van der Waals surface area contributed by atoms with Crippen molar-refractivity contribution < 1.29 is 49.1 Å². The second-order valence-electron chi connectivity index (χ2n) is 11.7. The van der Waals surface area contributed by atoms with Crippen LogP contribution in [0.5, 0.6) is 23.3 Å². The fraction of sp³-hybridized carbons (Fsp3) is 0.278. The molecule has 6 aromatic heterocycles. The molecule has 0 atom stereocenters. The number of aromatic hydroxyl groups is 2. The van der Waals surface area contributed by atoms with Crippen LogP contribution in [0, 0.1) is 0 Å². The highest BCUT2D eigenvalue weighted by atomic mass is 32.1. The number of pyridine rings is 4. The van der Waals surface area contributed by atoms with Crippen molar-refractivity contribution in [1.82, 2.24) is 40.5 Å². The zero-order valence-electron chi connectivity index (χ0n) is 30.0. The molecule has 292 valence electrons. The van der Waals surface area contributed by atoms with Gasteiger partial charge in [-0.3, -0.25) is 19.2 Å². The molecular weight excluding hydrogens is 769 g/mol. The topological polar surface area (TPSA) is 269 Å². The van der Waals surface area contributed by atoms with E-state index in [4.69, 9.17) is 19.7 Å². The number of hydrogen-bond acceptors (Lipinski definition) is 16. The number of hydrogen-bond donors (Lipinski definition) is 6. The summed E-state index contributed by atoms with van der Waals surface area (Å²) in [7, 11) is 0. The largest absolute Gasteiger partial charge is 0.504 e. The summed E-state index contributed by atoms with van der Waals surface area (Å²) in [5, 5.41) is 43.6. The smallest absolute Gasteiger partial charge is 0.322 e. The number of carboxylic acids is 2. The van der Waals surface area contributed by atoms with Gasteiger partial charge in [0.05, 0.1) is 25.6 Å². The standard InChI is InChI=1S/2C18H18N4O5S/c2*1-2-3-6-27-12-5-4-10(7-19-12)18-22-11-8-20-14(15(25)16(11)28-18)17(26)21-9-13(23)24/h2*4-5,7-8,25H,2-3,6,9H2,1H3,(H,21,26)(H,23,24). The van der Waals surface area contributed by atoms with Gasteiger partial charge in [-0.25, -0.2) is 29.9 Å². The Morgan fingerprint density at radius 3 is 1.38 bits per heavy atom. The van der Waals surface area contributed by atoms with E-state index in [2.05, 4.69) is 54.4 Å². The molecule has 2 amide bonds. The maximum Gasteiger partial charge on any atom is 0.322 e. The number of carboxylic acid groups (broad SMARTS) is 2. The van der Waals surface area contributed by atoms with E-state index in [0.717, 1.165) is 36.8 Å². The molecule has 0 spiro atoms. The van der Waals surface area contributed by atoms with Crippen LogP contribution in [0.1, 0.15) is 60.5 Å². The first-order chi connectivity index (χ1) is 27.0. The molecule has 0 aliphatic carbocycles. The predicted molar refractivity (Wildman–Crippen MR) is 205 cm³/mol. The summed E-state index contributed by atoms with van der Waals surface area (Å²) in [6, 6.07) is 7.13. The minimum Gasteiger partial charge on any atom is -0.504 e. The van der Waals surface area contributed by atoms with Gasteiger partial charge >= 0.3 is 11.9 Å². The van der Waals surface area contributed by atoms with Crippen molar-refractivity contribution in [3.05, 3.63) is 60.4 Å². The number of carbonyl (C=O) groups is 4. The molecule has 0 fully saturated rings. The van der Waals surface area contributed by atoms with E-state index in [1.807, 2.05) is 12.1 Å². The lowest BCUT2D eigenvalue weighted by atomic mass is 10.3. The summed E-state index contributed by atoms with van der Waals surface area (Å²) >= 11 is 2.36. The summed E-state index contributed by atoms with van der Waals surface area (Å²) in [6.07, 6.45) is 9.97. The number of thiazole rings is 2. The van der Waals surface area contributed by atoms with Crippen LogP contribution in [-0.4, -0.2) is 100 Å². The maximum absolute atomic E-state index is 12.0. The Kier molecular flexibility index (Phi) is 13.9. The van der Waals surface area contributed by atoms with Gasteiger partial charge in [-0.15, -0.1) is 22.7 Å². The average molecular weight is 805 g/mol. The quantitative estimate of drug-likeness (QED) is 0.0710. The van der Waals surface area contributed by atoms with Gasteiger partial charge in [-0.1, -0.05) is 26.7 Å². The van der Waals surface area contributed by atoms with Gasteiger partial charge < -0.3 is 40.5 Å². The van der Waals surface area contributed by atoms with Gasteiger partial charge in [0.2, 0.25) is 11.8 Å². The van der Waals surface area contributed by atoms with Gasteiger partial charge in [0, 0.05) is 35.7 Å². The van der Waals surface area contributed by atoms with Crippen molar-refractivity contribution in [2.75, 3.05) is 26.3 Å². The van der Waals surface area contributed by atoms with Crippen LogP contribution in [0.3, 0.4) is 0 Å². The van der Waals surface area contributed by atoms with Crippen LogP contribution in [0.2, 0.25) is 0 Å². The number of nitrogens with one attached hydrogen (secondary N) is 2. The Labute approximate surface area is 326 Å². The van der Waals surface area contributed by atoms with E-state index in [1.54, 1.807) is 24.5 Å². The highest BCUT2D eigenvalue weighted by molar-refractivity contribution is 7.22. The van der Waals surface area contributed by atoms with Crippen molar-refractivity contribution >= 4 is 66.9 Å². The zero-order valence-corrected chi connectivity index (χ0v) is 31.6. The summed E-state index contributed by atoms with van der Waals surface area (Å²) < 4.78 is 11.8. The normalized spacial score (nSPS) is 10.8. The van der Waals surface area contributed by atoms with E-state index >= 15 is 0 Å². The molecule has 0 radical (unpaired) electrons. The molecule has 0 unspecified atom stereocenters. The number of aromatic nitrogens is 6. The van der Waals surface area contributed by atoms with E-state index in [0.29, 0.717) is 55.4 Å². The van der Waals surface area contributed by atoms with Crippen LogP contribution in [0.15, 0.2) is 49.1 Å². The molecule has 6 N–H and O–H groups in total. The van der Waals surface area contributed by atoms with Crippen molar-refractivity contribution in [2.45, 2.75) is 39.5 Å². The van der Waals surface area contributed by atoms with E-state index in [9.17, 15) is 29.4 Å². The minimum absolute atomic E-state index is 0.248. The lowest BCUT2D eigenvalue weighted by Crippen LogP contribution is -2.29. The molecule has 0 saturated carbocycles. The third kappa shape index (κ3) is 10.4. The Morgan fingerprint density at radius 1 is 0.625 bits per heavy atom. The lowest BCUT2D eigenvalue weighted by Gasteiger charge is -2.04. The van der Waals surface area contributed by atoms with Crippen LogP contribution in [0.25, 0.3) is 41.6 Å². The second kappa shape index (κ2) is 19.2. The minimum atomic E-state index is -1.19. The molecule has 0 aliphatic rings. The summed E-state index contributed by atoms with van der Waals surface area (Å²) in [5.41, 5.74) is 1.83. The second-order valence-corrected chi connectivity index (χ2v) is 13.7. The monoisotopic (exact) mass is 804 g/mol. The van der Waals surface area contributed by atoms with Crippen LogP contribution in [0.4, 0.5) is 0 Å². The SMILES string of the molecule is CCCCOc1ccc(-c2nc3cnc(C(=O)NCC(=O)O)c(O)c3s2)cn1.CCCCOc1ccc(-c2nc3cnc(C(=O)NCC(=O)O)c(O)c3s2)cn1. The van der Waals surface area contributed by atoms with Crippen LogP contribution in [-0.2, 0) is 9.59 Å². The van der Waals surface area contributed by atoms with Crippen LogP contribution >= 0.6 is 22.7 Å². The summed E-state index contributed by atoms with van der Waals surface area (Å²) in [5.74, 6) is -3.54. The Hall–Kier alpha value is -6.54. The maximum atomic E-state index is 12.0. The summed E-state index contributed by atoms with van der Waals surface area (Å²) in [6.45, 7) is 4.25. The first-order valence-electron chi connectivity index (χ1n) is 17.1. The first kappa shape index (κ1) is 40.6. The van der Waals surface area contributed by atoms with E-state index in [1.165, 1.54) is 35.1 Å². The first-order valence-corrected chi connectivity index (χ1v) is 18.8.